The lowest BCUT2D eigenvalue weighted by Crippen LogP contribution is -2.73. The van der Waals surface area contributed by atoms with Gasteiger partial charge in [-0.2, -0.15) is 0 Å². The van der Waals surface area contributed by atoms with E-state index in [-0.39, 0.29) is 29.6 Å². The molecular formula is C51H76O17. The number of methoxy groups -OCH3 is 3. The van der Waals surface area contributed by atoms with Crippen molar-refractivity contribution in [2.24, 2.45) is 34.5 Å². The van der Waals surface area contributed by atoms with Gasteiger partial charge >= 0.3 is 11.9 Å². The summed E-state index contributed by atoms with van der Waals surface area (Å²) in [5, 5.41) is 34.4. The predicted molar refractivity (Wildman–Crippen MR) is 241 cm³/mol. The summed E-state index contributed by atoms with van der Waals surface area (Å²) in [6.07, 6.45) is -6.17. The predicted octanol–water partition coefficient (Wildman–Crippen LogP) is 4.66. The standard InChI is InChI=1S/C51H76O17/c1-25(52)33-19-21-51(57)34-17-16-31-22-32(18-20-49(31,6)39(34)44(46(50(33,51)7)64-29(5)53)67-47(56)30-14-12-11-13-15-30)65-37-23-35(58-8)42(27(3)61-37)66-38-24-36(59-9)43(28(4)62-38)68-48-41(55)45(60-10)40(54)26(2)63-48/h11-15,26-28,31-46,48,54-55,57H,16-24H2,1-10H3/t26-,27-,28-,31?,32+,33-,34-,35+,36-,37+,38+,39-,40-,41-,42-,43-,44+,45-,46-,48+,49+,50+,51+/m1/s1. The maximum atomic E-state index is 14.0. The van der Waals surface area contributed by atoms with Crippen LogP contribution in [-0.2, 0) is 61.7 Å². The van der Waals surface area contributed by atoms with Crippen LogP contribution in [0.25, 0.3) is 0 Å². The molecule has 4 aliphatic carbocycles. The number of benzene rings is 1. The molecule has 3 saturated heterocycles. The van der Waals surface area contributed by atoms with Gasteiger partial charge in [0.2, 0.25) is 0 Å². The Labute approximate surface area is 400 Å². The van der Waals surface area contributed by atoms with Crippen LogP contribution in [0.5, 0.6) is 0 Å². The topological polar surface area (TPSA) is 213 Å². The highest BCUT2D eigenvalue weighted by molar-refractivity contribution is 5.89. The lowest BCUT2D eigenvalue weighted by atomic mass is 9.41. The highest BCUT2D eigenvalue weighted by Gasteiger charge is 2.76. The van der Waals surface area contributed by atoms with E-state index >= 15 is 0 Å². The monoisotopic (exact) mass is 961 g/mol. The minimum atomic E-state index is -1.34. The summed E-state index contributed by atoms with van der Waals surface area (Å²) in [6, 6.07) is 8.76. The van der Waals surface area contributed by atoms with E-state index in [0.717, 1.165) is 6.42 Å². The summed E-state index contributed by atoms with van der Waals surface area (Å²) in [4.78, 5) is 40.4. The van der Waals surface area contributed by atoms with Crippen molar-refractivity contribution >= 4 is 17.7 Å². The van der Waals surface area contributed by atoms with Crippen LogP contribution in [0.15, 0.2) is 30.3 Å². The number of hydrogen-bond donors (Lipinski definition) is 3. The minimum absolute atomic E-state index is 0.0830. The third-order valence-corrected chi connectivity index (χ3v) is 17.7. The number of esters is 2. The van der Waals surface area contributed by atoms with Gasteiger partial charge in [-0.15, -0.1) is 0 Å². The number of ketones is 1. The molecule has 7 aliphatic rings. The molecule has 0 amide bonds. The second kappa shape index (κ2) is 20.5. The molecule has 0 spiro atoms. The van der Waals surface area contributed by atoms with Gasteiger partial charge in [0.1, 0.15) is 48.5 Å². The van der Waals surface area contributed by atoms with E-state index in [4.69, 9.17) is 52.1 Å². The number of carbonyl (C=O) groups excluding carboxylic acids is 3. The number of fused-ring (bicyclic) bond motifs is 5. The van der Waals surface area contributed by atoms with Gasteiger partial charge in [-0.25, -0.2) is 4.79 Å². The average molecular weight is 961 g/mol. The SMILES string of the molecule is CO[C@H]1[C@@H](O)[C@H](O[C@@H]2[C@@H](C)O[C@@H](O[C@H]3[C@@H](OC)C[C@H](O[C@H]4CC[C@@]5(C)C(CC[C@@H]6[C@@H]5[C@H](OC(=O)c5ccccc5)[C@@H](OC(C)=O)[C@]5(C)[C@@H](C(C)=O)CC[C@]65O)C4)O[C@@H]3C)C[C@H]2OC)O[C@H](C)[C@H]1O. The first-order chi connectivity index (χ1) is 32.3. The third kappa shape index (κ3) is 9.23. The van der Waals surface area contributed by atoms with Crippen LogP contribution in [0.4, 0.5) is 0 Å². The Morgan fingerprint density at radius 3 is 1.91 bits per heavy atom. The molecule has 23 atom stereocenters. The van der Waals surface area contributed by atoms with Gasteiger partial charge < -0.3 is 67.4 Å². The Hall–Kier alpha value is -2.65. The van der Waals surface area contributed by atoms with Crippen LogP contribution in [0.2, 0.25) is 0 Å². The molecule has 3 heterocycles. The lowest BCUT2D eigenvalue weighted by molar-refractivity contribution is -0.352. The van der Waals surface area contributed by atoms with Gasteiger partial charge in [0.25, 0.3) is 0 Å². The molecule has 4 saturated carbocycles. The van der Waals surface area contributed by atoms with Crippen molar-refractivity contribution in [3.63, 3.8) is 0 Å². The number of ether oxygens (including phenoxy) is 11. The van der Waals surface area contributed by atoms with E-state index in [1.807, 2.05) is 26.8 Å². The fourth-order valence-corrected chi connectivity index (χ4v) is 14.2. The van der Waals surface area contributed by atoms with Crippen molar-refractivity contribution in [2.75, 3.05) is 21.3 Å². The van der Waals surface area contributed by atoms with Crippen LogP contribution in [-0.4, -0.2) is 158 Å². The third-order valence-electron chi connectivity index (χ3n) is 17.7. The van der Waals surface area contributed by atoms with Gasteiger partial charge in [0.05, 0.1) is 47.8 Å². The molecule has 68 heavy (non-hydrogen) atoms. The molecule has 0 radical (unpaired) electrons. The van der Waals surface area contributed by atoms with Crippen molar-refractivity contribution in [2.45, 2.75) is 210 Å². The van der Waals surface area contributed by atoms with E-state index in [9.17, 15) is 29.7 Å². The number of aliphatic hydroxyl groups is 3. The van der Waals surface area contributed by atoms with Gasteiger partial charge in [-0.05, 0) is 102 Å². The molecule has 0 aromatic heterocycles. The highest BCUT2D eigenvalue weighted by Crippen LogP contribution is 2.70. The van der Waals surface area contributed by atoms with Crippen molar-refractivity contribution in [1.82, 2.24) is 0 Å². The first-order valence-electron chi connectivity index (χ1n) is 24.8. The maximum absolute atomic E-state index is 14.0. The fraction of sp³-hybridized carbons (Fsp3) is 0.824. The van der Waals surface area contributed by atoms with Crippen LogP contribution in [0, 0.1) is 34.5 Å². The number of Topliss-reactive ketones (excluding diaryl/α,β-unsaturated/α-hetero) is 1. The summed E-state index contributed by atoms with van der Waals surface area (Å²) in [5.41, 5.74) is -2.59. The van der Waals surface area contributed by atoms with Crippen LogP contribution < -0.4 is 0 Å². The van der Waals surface area contributed by atoms with Gasteiger partial charge in [0.15, 0.2) is 18.9 Å². The summed E-state index contributed by atoms with van der Waals surface area (Å²) in [5.74, 6) is -2.34. The molecule has 17 nitrogen and oxygen atoms in total. The van der Waals surface area contributed by atoms with E-state index < -0.39 is 126 Å². The van der Waals surface area contributed by atoms with E-state index in [1.165, 1.54) is 21.0 Å². The Morgan fingerprint density at radius 1 is 0.676 bits per heavy atom. The maximum Gasteiger partial charge on any atom is 0.338 e. The molecule has 17 heteroatoms. The number of aliphatic hydroxyl groups excluding tert-OH is 2. The van der Waals surface area contributed by atoms with Crippen molar-refractivity contribution in [3.05, 3.63) is 35.9 Å². The molecule has 3 aliphatic heterocycles. The first-order valence-corrected chi connectivity index (χ1v) is 24.8. The molecule has 1 unspecified atom stereocenters. The van der Waals surface area contributed by atoms with E-state index in [1.54, 1.807) is 45.4 Å². The van der Waals surface area contributed by atoms with Gasteiger partial charge in [-0.1, -0.05) is 32.0 Å². The Balaban J connectivity index is 0.942. The van der Waals surface area contributed by atoms with Gasteiger partial charge in [-0.3, -0.25) is 9.59 Å². The second-order valence-corrected chi connectivity index (χ2v) is 21.3. The normalized spacial score (nSPS) is 48.1. The van der Waals surface area contributed by atoms with E-state index in [0.29, 0.717) is 56.9 Å². The van der Waals surface area contributed by atoms with Crippen LogP contribution >= 0.6 is 0 Å². The fourth-order valence-electron chi connectivity index (χ4n) is 14.2. The molecule has 8 rings (SSSR count). The summed E-state index contributed by atoms with van der Waals surface area (Å²) >= 11 is 0. The Bertz CT molecular complexity index is 1920. The van der Waals surface area contributed by atoms with Crippen molar-refractivity contribution in [3.8, 4) is 0 Å². The van der Waals surface area contributed by atoms with Gasteiger partial charge in [0, 0.05) is 58.3 Å². The zero-order chi connectivity index (χ0) is 49.0. The zero-order valence-corrected chi connectivity index (χ0v) is 41.4. The largest absolute Gasteiger partial charge is 0.458 e. The Morgan fingerprint density at radius 2 is 1.31 bits per heavy atom. The smallest absolute Gasteiger partial charge is 0.338 e. The van der Waals surface area contributed by atoms with Crippen molar-refractivity contribution in [1.29, 1.82) is 0 Å². The number of rotatable bonds is 13. The number of hydrogen-bond acceptors (Lipinski definition) is 17. The summed E-state index contributed by atoms with van der Waals surface area (Å²) in [7, 11) is 4.64. The molecule has 0 bridgehead atoms. The molecule has 3 N–H and O–H groups in total. The minimum Gasteiger partial charge on any atom is -0.458 e. The molecule has 1 aromatic carbocycles. The first kappa shape index (κ1) is 51.7. The Kier molecular flexibility index (Phi) is 15.6. The number of carbonyl (C=O) groups is 3. The zero-order valence-electron chi connectivity index (χ0n) is 41.4. The quantitative estimate of drug-likeness (QED) is 0.181. The summed E-state index contributed by atoms with van der Waals surface area (Å²) < 4.78 is 68.5. The average Bonchev–Trinajstić information content (AvgIpc) is 3.59. The van der Waals surface area contributed by atoms with Crippen molar-refractivity contribution < 1.29 is 81.8 Å². The molecule has 1 aromatic rings. The lowest BCUT2D eigenvalue weighted by Gasteiger charge is -2.66. The second-order valence-electron chi connectivity index (χ2n) is 21.3. The highest BCUT2D eigenvalue weighted by atomic mass is 16.8. The van der Waals surface area contributed by atoms with Crippen LogP contribution in [0.3, 0.4) is 0 Å². The van der Waals surface area contributed by atoms with E-state index in [2.05, 4.69) is 6.92 Å². The summed E-state index contributed by atoms with van der Waals surface area (Å²) in [6.45, 7) is 12.4. The molecule has 7 fully saturated rings. The molecule has 382 valence electrons. The van der Waals surface area contributed by atoms with Crippen LogP contribution in [0.1, 0.15) is 117 Å². The molecular weight excluding hydrogens is 885 g/mol.